The molecule has 2 N–H and O–H groups in total. The van der Waals surface area contributed by atoms with Crippen LogP contribution in [-0.4, -0.2) is 22.9 Å². The second kappa shape index (κ2) is 3.17. The minimum Gasteiger partial charge on any atom is -0.396 e. The topological polar surface area (TPSA) is 40.5 Å². The van der Waals surface area contributed by atoms with Crippen LogP contribution in [0, 0.1) is 11.8 Å². The molecule has 2 heteroatoms. The summed E-state index contributed by atoms with van der Waals surface area (Å²) in [6.07, 6.45) is 3.21. The summed E-state index contributed by atoms with van der Waals surface area (Å²) in [5, 5.41) is 18.0. The van der Waals surface area contributed by atoms with Crippen LogP contribution in [0.1, 0.15) is 12.8 Å². The van der Waals surface area contributed by atoms with Gasteiger partial charge in [0, 0.05) is 6.61 Å². The molecule has 3 atom stereocenters. The van der Waals surface area contributed by atoms with Gasteiger partial charge in [-0.05, 0) is 24.7 Å². The molecule has 1 fully saturated rings. The SMILES string of the molecule is C=CC(O)[C@@H]1CC[C@H]1CO. The van der Waals surface area contributed by atoms with E-state index >= 15 is 0 Å². The van der Waals surface area contributed by atoms with E-state index in [9.17, 15) is 5.11 Å². The first-order valence-corrected chi connectivity index (χ1v) is 3.71. The molecule has 1 aliphatic rings. The highest BCUT2D eigenvalue weighted by Crippen LogP contribution is 2.36. The molecule has 0 aromatic carbocycles. The minimum atomic E-state index is -0.411. The minimum absolute atomic E-state index is 0.204. The highest BCUT2D eigenvalue weighted by atomic mass is 16.3. The van der Waals surface area contributed by atoms with Gasteiger partial charge in [-0.2, -0.15) is 0 Å². The lowest BCUT2D eigenvalue weighted by Crippen LogP contribution is -2.36. The molecule has 1 saturated carbocycles. The van der Waals surface area contributed by atoms with E-state index in [2.05, 4.69) is 6.58 Å². The van der Waals surface area contributed by atoms with E-state index in [4.69, 9.17) is 5.11 Å². The van der Waals surface area contributed by atoms with E-state index in [1.807, 2.05) is 0 Å². The van der Waals surface area contributed by atoms with Gasteiger partial charge in [0.1, 0.15) is 0 Å². The van der Waals surface area contributed by atoms with Crippen LogP contribution in [0.3, 0.4) is 0 Å². The van der Waals surface area contributed by atoms with Crippen molar-refractivity contribution in [3.05, 3.63) is 12.7 Å². The van der Waals surface area contributed by atoms with Gasteiger partial charge in [0.05, 0.1) is 6.10 Å². The van der Waals surface area contributed by atoms with Crippen molar-refractivity contribution in [2.45, 2.75) is 18.9 Å². The van der Waals surface area contributed by atoms with Crippen molar-refractivity contribution in [1.29, 1.82) is 0 Å². The van der Waals surface area contributed by atoms with Crippen molar-refractivity contribution in [3.8, 4) is 0 Å². The van der Waals surface area contributed by atoms with E-state index in [0.29, 0.717) is 5.92 Å². The van der Waals surface area contributed by atoms with Crippen molar-refractivity contribution in [2.24, 2.45) is 11.8 Å². The third-order valence-corrected chi connectivity index (χ3v) is 2.39. The fourth-order valence-electron chi connectivity index (χ4n) is 1.45. The third kappa shape index (κ3) is 1.22. The molecule has 58 valence electrons. The number of hydrogen-bond acceptors (Lipinski definition) is 2. The van der Waals surface area contributed by atoms with Crippen molar-refractivity contribution in [1.82, 2.24) is 0 Å². The molecule has 0 aliphatic heterocycles. The molecular weight excluding hydrogens is 128 g/mol. The zero-order valence-corrected chi connectivity index (χ0v) is 6.03. The van der Waals surface area contributed by atoms with Crippen LogP contribution in [0.5, 0.6) is 0 Å². The highest BCUT2D eigenvalue weighted by molar-refractivity contribution is 4.93. The van der Waals surface area contributed by atoms with Crippen molar-refractivity contribution < 1.29 is 10.2 Å². The Morgan fingerprint density at radius 1 is 1.60 bits per heavy atom. The Labute approximate surface area is 61.2 Å². The zero-order chi connectivity index (χ0) is 7.56. The maximum absolute atomic E-state index is 9.25. The molecule has 1 unspecified atom stereocenters. The van der Waals surface area contributed by atoms with Gasteiger partial charge in [-0.25, -0.2) is 0 Å². The fraction of sp³-hybridized carbons (Fsp3) is 0.750. The second-order valence-corrected chi connectivity index (χ2v) is 2.91. The fourth-order valence-corrected chi connectivity index (χ4v) is 1.45. The summed E-state index contributed by atoms with van der Waals surface area (Å²) < 4.78 is 0. The van der Waals surface area contributed by atoms with Gasteiger partial charge in [-0.1, -0.05) is 6.08 Å². The Kier molecular flexibility index (Phi) is 2.46. The summed E-state index contributed by atoms with van der Waals surface area (Å²) in [5.74, 6) is 0.579. The van der Waals surface area contributed by atoms with Crippen molar-refractivity contribution in [3.63, 3.8) is 0 Å². The van der Waals surface area contributed by atoms with Crippen LogP contribution in [0.2, 0.25) is 0 Å². The van der Waals surface area contributed by atoms with E-state index in [1.165, 1.54) is 0 Å². The van der Waals surface area contributed by atoms with Crippen LogP contribution in [0.4, 0.5) is 0 Å². The first-order valence-electron chi connectivity index (χ1n) is 3.71. The van der Waals surface area contributed by atoms with Gasteiger partial charge < -0.3 is 10.2 Å². The van der Waals surface area contributed by atoms with Crippen LogP contribution in [0.25, 0.3) is 0 Å². The molecule has 0 bridgehead atoms. The zero-order valence-electron chi connectivity index (χ0n) is 6.03. The highest BCUT2D eigenvalue weighted by Gasteiger charge is 2.33. The summed E-state index contributed by atoms with van der Waals surface area (Å²) in [7, 11) is 0. The summed E-state index contributed by atoms with van der Waals surface area (Å²) in [6, 6.07) is 0. The lowest BCUT2D eigenvalue weighted by atomic mass is 9.71. The van der Waals surface area contributed by atoms with Gasteiger partial charge >= 0.3 is 0 Å². The van der Waals surface area contributed by atoms with Gasteiger partial charge in [0.2, 0.25) is 0 Å². The van der Waals surface area contributed by atoms with Crippen LogP contribution < -0.4 is 0 Å². The van der Waals surface area contributed by atoms with Gasteiger partial charge in [-0.15, -0.1) is 6.58 Å². The van der Waals surface area contributed by atoms with E-state index in [0.717, 1.165) is 12.8 Å². The number of aliphatic hydroxyl groups excluding tert-OH is 2. The monoisotopic (exact) mass is 142 g/mol. The summed E-state index contributed by atoms with van der Waals surface area (Å²) in [6.45, 7) is 3.70. The average Bonchev–Trinajstić information content (AvgIpc) is 1.86. The molecular formula is C8H14O2. The molecule has 1 aliphatic carbocycles. The van der Waals surface area contributed by atoms with Crippen LogP contribution >= 0.6 is 0 Å². The van der Waals surface area contributed by atoms with Crippen LogP contribution in [-0.2, 0) is 0 Å². The van der Waals surface area contributed by atoms with E-state index < -0.39 is 6.10 Å². The number of hydrogen-bond donors (Lipinski definition) is 2. The van der Waals surface area contributed by atoms with E-state index in [1.54, 1.807) is 6.08 Å². The smallest absolute Gasteiger partial charge is 0.0749 e. The lowest BCUT2D eigenvalue weighted by Gasteiger charge is -2.37. The molecule has 1 rings (SSSR count). The van der Waals surface area contributed by atoms with Crippen LogP contribution in [0.15, 0.2) is 12.7 Å². The number of rotatable bonds is 3. The quantitative estimate of drug-likeness (QED) is 0.565. The third-order valence-electron chi connectivity index (χ3n) is 2.39. The summed E-state index contributed by atoms with van der Waals surface area (Å²) in [4.78, 5) is 0. The van der Waals surface area contributed by atoms with Crippen molar-refractivity contribution in [2.75, 3.05) is 6.61 Å². The summed E-state index contributed by atoms with van der Waals surface area (Å²) in [5.41, 5.74) is 0. The first-order chi connectivity index (χ1) is 4.79. The molecule has 0 heterocycles. The second-order valence-electron chi connectivity index (χ2n) is 2.91. The Hall–Kier alpha value is -0.340. The Bertz CT molecular complexity index is 120. The maximum Gasteiger partial charge on any atom is 0.0749 e. The average molecular weight is 142 g/mol. The standard InChI is InChI=1S/C8H14O2/c1-2-8(10)7-4-3-6(7)5-9/h2,6-10H,1,3-5H2/t6-,7+,8?/m0/s1. The maximum atomic E-state index is 9.25. The molecule has 0 amide bonds. The largest absolute Gasteiger partial charge is 0.396 e. The molecule has 10 heavy (non-hydrogen) atoms. The molecule has 0 aromatic heterocycles. The number of aliphatic hydroxyl groups is 2. The first kappa shape index (κ1) is 7.76. The molecule has 0 aromatic rings. The van der Waals surface area contributed by atoms with Gasteiger partial charge in [0.25, 0.3) is 0 Å². The Balaban J connectivity index is 2.34. The van der Waals surface area contributed by atoms with Gasteiger partial charge in [0.15, 0.2) is 0 Å². The molecule has 0 radical (unpaired) electrons. The Morgan fingerprint density at radius 3 is 2.60 bits per heavy atom. The van der Waals surface area contributed by atoms with E-state index in [-0.39, 0.29) is 12.5 Å². The summed E-state index contributed by atoms with van der Waals surface area (Å²) >= 11 is 0. The molecule has 0 saturated heterocycles. The van der Waals surface area contributed by atoms with Gasteiger partial charge in [-0.3, -0.25) is 0 Å². The van der Waals surface area contributed by atoms with Crippen molar-refractivity contribution >= 4 is 0 Å². The predicted octanol–water partition coefficient (Wildman–Crippen LogP) is 0.552. The molecule has 0 spiro atoms. The lowest BCUT2D eigenvalue weighted by molar-refractivity contribution is 0.0114. The Morgan fingerprint density at radius 2 is 2.30 bits per heavy atom. The predicted molar refractivity (Wildman–Crippen MR) is 39.5 cm³/mol. The normalized spacial score (nSPS) is 34.6. The molecule has 2 nitrogen and oxygen atoms in total.